The lowest BCUT2D eigenvalue weighted by molar-refractivity contribution is 1.01. The van der Waals surface area contributed by atoms with E-state index in [1.807, 2.05) is 6.07 Å². The summed E-state index contributed by atoms with van der Waals surface area (Å²) in [6, 6.07) is 29.6. The molecule has 2 N–H and O–H groups in total. The molecule has 0 aliphatic rings. The molecular formula is C22H20BN2. The molecule has 0 spiro atoms. The van der Waals surface area contributed by atoms with Crippen molar-refractivity contribution in [3.8, 4) is 0 Å². The molecule has 0 bridgehead atoms. The number of nitrogens with one attached hydrogen (secondary N) is 2. The maximum Gasteiger partial charge on any atom is 0.213 e. The molecule has 0 fully saturated rings. The predicted molar refractivity (Wildman–Crippen MR) is 105 cm³/mol. The standard InChI is InChI=1S/C22H20BN2/c1-3-7-17(8-4-1)15-19-11-12-20(24-19)16-21-13-14-22(25-21)23-18-9-5-2-6-10-18/h1-14,24-25H,15-16H2. The Labute approximate surface area is 149 Å². The fourth-order valence-corrected chi connectivity index (χ4v) is 3.09. The number of H-pyrrole nitrogens is 2. The predicted octanol–water partition coefficient (Wildman–Crippen LogP) is 3.18. The second kappa shape index (κ2) is 7.31. The number of aromatic amines is 2. The molecule has 2 heterocycles. The van der Waals surface area contributed by atoms with Crippen LogP contribution < -0.4 is 11.1 Å². The Hall–Kier alpha value is -2.94. The highest BCUT2D eigenvalue weighted by Crippen LogP contribution is 2.11. The molecule has 0 aliphatic carbocycles. The Balaban J connectivity index is 1.39. The Kier molecular flexibility index (Phi) is 4.56. The van der Waals surface area contributed by atoms with Gasteiger partial charge in [0.1, 0.15) is 0 Å². The molecule has 2 nitrogen and oxygen atoms in total. The zero-order chi connectivity index (χ0) is 16.9. The van der Waals surface area contributed by atoms with Crippen LogP contribution >= 0.6 is 0 Å². The molecule has 0 unspecified atom stereocenters. The summed E-state index contributed by atoms with van der Waals surface area (Å²) >= 11 is 0. The molecule has 0 atom stereocenters. The van der Waals surface area contributed by atoms with Gasteiger partial charge in [-0.1, -0.05) is 72.2 Å². The first-order valence-electron chi connectivity index (χ1n) is 8.63. The second-order valence-corrected chi connectivity index (χ2v) is 6.34. The average Bonchev–Trinajstić information content (AvgIpc) is 3.27. The van der Waals surface area contributed by atoms with Crippen LogP contribution in [0.25, 0.3) is 0 Å². The molecule has 0 saturated carbocycles. The van der Waals surface area contributed by atoms with Gasteiger partial charge < -0.3 is 9.97 Å². The van der Waals surface area contributed by atoms with Crippen molar-refractivity contribution in [2.24, 2.45) is 0 Å². The molecule has 4 rings (SSSR count). The summed E-state index contributed by atoms with van der Waals surface area (Å²) in [4.78, 5) is 7.03. The lowest BCUT2D eigenvalue weighted by atomic mass is 9.67. The molecule has 2 aromatic heterocycles. The molecule has 4 aromatic rings. The van der Waals surface area contributed by atoms with Gasteiger partial charge in [-0.25, -0.2) is 0 Å². The van der Waals surface area contributed by atoms with Gasteiger partial charge in [0, 0.05) is 29.9 Å². The highest BCUT2D eigenvalue weighted by Gasteiger charge is 2.05. The van der Waals surface area contributed by atoms with Crippen molar-refractivity contribution in [2.75, 3.05) is 0 Å². The fourth-order valence-electron chi connectivity index (χ4n) is 3.09. The highest BCUT2D eigenvalue weighted by molar-refractivity contribution is 6.66. The summed E-state index contributed by atoms with van der Waals surface area (Å²) in [7, 11) is 2.17. The summed E-state index contributed by atoms with van der Waals surface area (Å²) in [6.45, 7) is 0. The number of hydrogen-bond acceptors (Lipinski definition) is 0. The van der Waals surface area contributed by atoms with E-state index in [0.29, 0.717) is 0 Å². The molecule has 1 radical (unpaired) electrons. The van der Waals surface area contributed by atoms with Gasteiger partial charge in [0.25, 0.3) is 0 Å². The van der Waals surface area contributed by atoms with Crippen LogP contribution in [0, 0.1) is 0 Å². The fraction of sp³-hybridized carbons (Fsp3) is 0.0909. The highest BCUT2D eigenvalue weighted by atomic mass is 14.7. The number of hydrogen-bond donors (Lipinski definition) is 2. The smallest absolute Gasteiger partial charge is 0.213 e. The van der Waals surface area contributed by atoms with Crippen molar-refractivity contribution in [2.45, 2.75) is 12.8 Å². The molecule has 25 heavy (non-hydrogen) atoms. The van der Waals surface area contributed by atoms with E-state index >= 15 is 0 Å². The van der Waals surface area contributed by atoms with E-state index in [1.165, 1.54) is 28.1 Å². The summed E-state index contributed by atoms with van der Waals surface area (Å²) in [6.07, 6.45) is 1.83. The molecule has 121 valence electrons. The van der Waals surface area contributed by atoms with E-state index < -0.39 is 0 Å². The lowest BCUT2D eigenvalue weighted by Crippen LogP contribution is -2.27. The van der Waals surface area contributed by atoms with Crippen LogP contribution in [0.3, 0.4) is 0 Å². The van der Waals surface area contributed by atoms with Crippen molar-refractivity contribution in [1.29, 1.82) is 0 Å². The third-order valence-corrected chi connectivity index (χ3v) is 4.32. The molecule has 0 saturated heterocycles. The minimum absolute atomic E-state index is 0.886. The maximum absolute atomic E-state index is 3.54. The lowest BCUT2D eigenvalue weighted by Gasteiger charge is -2.00. The van der Waals surface area contributed by atoms with Gasteiger partial charge in [0.15, 0.2) is 0 Å². The normalized spacial score (nSPS) is 10.7. The minimum Gasteiger partial charge on any atom is -0.370 e. The van der Waals surface area contributed by atoms with E-state index in [-0.39, 0.29) is 0 Å². The second-order valence-electron chi connectivity index (χ2n) is 6.34. The Morgan fingerprint density at radius 3 is 1.92 bits per heavy atom. The summed E-state index contributed by atoms with van der Waals surface area (Å²) in [5.41, 5.74) is 7.38. The van der Waals surface area contributed by atoms with Crippen molar-refractivity contribution < 1.29 is 0 Å². The number of rotatable bonds is 6. The number of aromatic nitrogens is 2. The largest absolute Gasteiger partial charge is 0.370 e. The van der Waals surface area contributed by atoms with Gasteiger partial charge in [-0.05, 0) is 29.4 Å². The van der Waals surface area contributed by atoms with Gasteiger partial charge in [-0.2, -0.15) is 0 Å². The van der Waals surface area contributed by atoms with Crippen LogP contribution in [0.1, 0.15) is 22.6 Å². The van der Waals surface area contributed by atoms with Crippen molar-refractivity contribution in [3.05, 3.63) is 108 Å². The Morgan fingerprint density at radius 1 is 0.560 bits per heavy atom. The van der Waals surface area contributed by atoms with E-state index in [0.717, 1.165) is 18.4 Å². The maximum atomic E-state index is 3.54. The third-order valence-electron chi connectivity index (χ3n) is 4.32. The Morgan fingerprint density at radius 2 is 1.16 bits per heavy atom. The zero-order valence-electron chi connectivity index (χ0n) is 14.1. The van der Waals surface area contributed by atoms with Gasteiger partial charge in [-0.15, -0.1) is 0 Å². The van der Waals surface area contributed by atoms with Crippen molar-refractivity contribution >= 4 is 18.3 Å². The van der Waals surface area contributed by atoms with E-state index in [4.69, 9.17) is 0 Å². The van der Waals surface area contributed by atoms with Crippen molar-refractivity contribution in [1.82, 2.24) is 9.97 Å². The average molecular weight is 323 g/mol. The van der Waals surface area contributed by atoms with Crippen molar-refractivity contribution in [3.63, 3.8) is 0 Å². The van der Waals surface area contributed by atoms with E-state index in [1.54, 1.807) is 0 Å². The topological polar surface area (TPSA) is 31.6 Å². The van der Waals surface area contributed by atoms with Gasteiger partial charge >= 0.3 is 0 Å². The van der Waals surface area contributed by atoms with Crippen LogP contribution in [0.2, 0.25) is 0 Å². The van der Waals surface area contributed by atoms with Crippen LogP contribution in [-0.2, 0) is 12.8 Å². The van der Waals surface area contributed by atoms with Gasteiger partial charge in [0.2, 0.25) is 7.28 Å². The molecule has 0 amide bonds. The quantitative estimate of drug-likeness (QED) is 0.511. The van der Waals surface area contributed by atoms with E-state index in [9.17, 15) is 0 Å². The first-order chi connectivity index (χ1) is 12.3. The Bertz CT molecular complexity index is 845. The molecule has 0 aliphatic heterocycles. The number of benzene rings is 2. The summed E-state index contributed by atoms with van der Waals surface area (Å²) in [5.74, 6) is 0. The zero-order valence-corrected chi connectivity index (χ0v) is 14.1. The SMILES string of the molecule is [B](c1ccccc1)c1ccc(Cc2ccc(Cc3ccccc3)[nH]2)[nH]1. The first-order valence-corrected chi connectivity index (χ1v) is 8.63. The van der Waals surface area contributed by atoms with E-state index in [2.05, 4.69) is 96.1 Å². The van der Waals surface area contributed by atoms with Crippen LogP contribution in [0.15, 0.2) is 84.9 Å². The third kappa shape index (κ3) is 4.13. The summed E-state index contributed by atoms with van der Waals surface area (Å²) in [5, 5.41) is 0. The monoisotopic (exact) mass is 323 g/mol. The molecule has 2 aromatic carbocycles. The van der Waals surface area contributed by atoms with Gasteiger partial charge in [-0.3, -0.25) is 0 Å². The summed E-state index contributed by atoms with van der Waals surface area (Å²) < 4.78 is 0. The van der Waals surface area contributed by atoms with Crippen LogP contribution in [0.4, 0.5) is 0 Å². The van der Waals surface area contributed by atoms with Crippen LogP contribution in [0.5, 0.6) is 0 Å². The van der Waals surface area contributed by atoms with Gasteiger partial charge in [0.05, 0.1) is 0 Å². The molecule has 3 heteroatoms. The minimum atomic E-state index is 0.886. The first kappa shape index (κ1) is 15.6. The van der Waals surface area contributed by atoms with Crippen LogP contribution in [-0.4, -0.2) is 17.2 Å². The molecular weight excluding hydrogens is 303 g/mol.